The van der Waals surface area contributed by atoms with E-state index in [1.165, 1.54) is 5.56 Å². The van der Waals surface area contributed by atoms with Crippen LogP contribution in [0.15, 0.2) is 60.7 Å². The van der Waals surface area contributed by atoms with E-state index in [1.807, 2.05) is 18.2 Å². The molecule has 0 fully saturated rings. The molecule has 0 saturated carbocycles. The Morgan fingerprint density at radius 1 is 0.690 bits per heavy atom. The number of aliphatic carboxylic acids is 2. The van der Waals surface area contributed by atoms with E-state index in [0.29, 0.717) is 17.9 Å². The highest BCUT2D eigenvalue weighted by Gasteiger charge is 2.28. The molecular formula is C33H45NO8. The Kier molecular flexibility index (Phi) is 14.7. The number of carbonyl (C=O) groups excluding carboxylic acids is 2. The van der Waals surface area contributed by atoms with Gasteiger partial charge in [0.05, 0.1) is 10.8 Å². The molecule has 2 N–H and O–H groups in total. The molecule has 0 aliphatic rings. The summed E-state index contributed by atoms with van der Waals surface area (Å²) in [4.78, 5) is 46.6. The lowest BCUT2D eigenvalue weighted by molar-refractivity contribution is -0.145. The van der Waals surface area contributed by atoms with Crippen LogP contribution >= 0.6 is 0 Å². The molecule has 0 amide bonds. The molecule has 0 bridgehead atoms. The molecule has 0 saturated heterocycles. The first-order valence-corrected chi connectivity index (χ1v) is 14.0. The Labute approximate surface area is 249 Å². The van der Waals surface area contributed by atoms with Gasteiger partial charge in [-0.3, -0.25) is 9.59 Å². The van der Waals surface area contributed by atoms with Crippen molar-refractivity contribution in [3.63, 3.8) is 0 Å². The minimum atomic E-state index is -1.26. The fourth-order valence-electron chi connectivity index (χ4n) is 3.39. The molecule has 0 unspecified atom stereocenters. The number of carboxylic acid groups (broad SMARTS) is 2. The van der Waals surface area contributed by atoms with E-state index in [2.05, 4.69) is 36.1 Å². The Morgan fingerprint density at radius 2 is 1.17 bits per heavy atom. The summed E-state index contributed by atoms with van der Waals surface area (Å²) >= 11 is 0. The lowest BCUT2D eigenvalue weighted by Crippen LogP contribution is -2.29. The molecule has 0 atom stereocenters. The van der Waals surface area contributed by atoms with Crippen molar-refractivity contribution >= 4 is 23.9 Å². The largest absolute Gasteiger partial charge is 0.478 e. The fourth-order valence-corrected chi connectivity index (χ4v) is 3.39. The van der Waals surface area contributed by atoms with Crippen molar-refractivity contribution in [2.75, 3.05) is 19.6 Å². The van der Waals surface area contributed by atoms with Gasteiger partial charge < -0.3 is 24.6 Å². The zero-order valence-corrected chi connectivity index (χ0v) is 25.8. The van der Waals surface area contributed by atoms with Crippen molar-refractivity contribution in [2.45, 2.75) is 67.7 Å². The summed E-state index contributed by atoms with van der Waals surface area (Å²) in [6, 6.07) is 16.0. The van der Waals surface area contributed by atoms with Gasteiger partial charge in [0.15, 0.2) is 11.5 Å². The predicted molar refractivity (Wildman–Crippen MR) is 162 cm³/mol. The molecule has 230 valence electrons. The molecule has 0 aliphatic carbocycles. The molecule has 0 radical (unpaired) electrons. The normalized spacial score (nSPS) is 11.5. The zero-order chi connectivity index (χ0) is 31.9. The molecule has 42 heavy (non-hydrogen) atoms. The van der Waals surface area contributed by atoms with Crippen LogP contribution in [0.1, 0.15) is 66.0 Å². The van der Waals surface area contributed by atoms with Crippen molar-refractivity contribution in [1.82, 2.24) is 4.90 Å². The summed E-state index contributed by atoms with van der Waals surface area (Å²) in [5.74, 6) is -2.69. The fraction of sp³-hybridized carbons (Fsp3) is 0.455. The van der Waals surface area contributed by atoms with E-state index >= 15 is 0 Å². The molecule has 9 heteroatoms. The molecule has 2 rings (SSSR count). The van der Waals surface area contributed by atoms with Crippen LogP contribution in [-0.2, 0) is 32.0 Å². The summed E-state index contributed by atoms with van der Waals surface area (Å²) in [6.45, 7) is 15.9. The number of ether oxygens (including phenoxy) is 2. The van der Waals surface area contributed by atoms with Crippen LogP contribution < -0.4 is 9.47 Å². The molecule has 0 heterocycles. The van der Waals surface area contributed by atoms with Crippen LogP contribution in [0.4, 0.5) is 0 Å². The van der Waals surface area contributed by atoms with Gasteiger partial charge in [-0.2, -0.15) is 0 Å². The summed E-state index contributed by atoms with van der Waals surface area (Å²) in [7, 11) is 0. The Hall–Kier alpha value is -3.98. The average molecular weight is 584 g/mol. The molecule has 0 aromatic heterocycles. The van der Waals surface area contributed by atoms with Gasteiger partial charge in [0.1, 0.15) is 0 Å². The maximum absolute atomic E-state index is 12.6. The Morgan fingerprint density at radius 3 is 1.62 bits per heavy atom. The third kappa shape index (κ3) is 14.6. The smallest absolute Gasteiger partial charge is 0.328 e. The third-order valence-corrected chi connectivity index (χ3v) is 5.82. The van der Waals surface area contributed by atoms with E-state index in [0.717, 1.165) is 44.5 Å². The van der Waals surface area contributed by atoms with E-state index in [9.17, 15) is 19.2 Å². The first-order chi connectivity index (χ1) is 19.5. The topological polar surface area (TPSA) is 130 Å². The van der Waals surface area contributed by atoms with Crippen LogP contribution in [0.25, 0.3) is 0 Å². The van der Waals surface area contributed by atoms with Crippen LogP contribution in [-0.4, -0.2) is 58.6 Å². The standard InChI is InChI=1S/C29H41NO4.C4H4O4/c1-8-18-30(19-16-22-12-10-9-11-13-22)20-17-23-14-15-24(33-26(31)28(2,3)4)25(21-23)34-27(32)29(5,6)7;5-3(6)1-2-4(7)8/h9-15,21H,8,16-20H2,1-7H3;1-2H,(H,5,6)(H,7,8)/b;2-1+. The van der Waals surface area contributed by atoms with Gasteiger partial charge in [-0.05, 0) is 90.6 Å². The van der Waals surface area contributed by atoms with Gasteiger partial charge in [-0.15, -0.1) is 0 Å². The lowest BCUT2D eigenvalue weighted by Gasteiger charge is -2.23. The number of esters is 2. The summed E-state index contributed by atoms with van der Waals surface area (Å²) in [6.07, 6.45) is 4.02. The second kappa shape index (κ2) is 17.1. The number of carbonyl (C=O) groups is 4. The summed E-state index contributed by atoms with van der Waals surface area (Å²) in [5, 5.41) is 15.6. The third-order valence-electron chi connectivity index (χ3n) is 5.82. The first-order valence-electron chi connectivity index (χ1n) is 14.0. The number of rotatable bonds is 12. The zero-order valence-electron chi connectivity index (χ0n) is 25.8. The Balaban J connectivity index is 0.000000962. The van der Waals surface area contributed by atoms with Crippen LogP contribution in [0.2, 0.25) is 0 Å². The van der Waals surface area contributed by atoms with Gasteiger partial charge in [0, 0.05) is 25.2 Å². The van der Waals surface area contributed by atoms with Crippen molar-refractivity contribution in [2.24, 2.45) is 10.8 Å². The van der Waals surface area contributed by atoms with E-state index in [1.54, 1.807) is 47.6 Å². The first kappa shape index (κ1) is 36.0. The SMILES string of the molecule is CCCN(CCc1ccccc1)CCc1ccc(OC(=O)C(C)(C)C)c(OC(=O)C(C)(C)C)c1.O=C(O)/C=C/C(=O)O. The van der Waals surface area contributed by atoms with Gasteiger partial charge in [-0.25, -0.2) is 9.59 Å². The van der Waals surface area contributed by atoms with Crippen LogP contribution in [0, 0.1) is 10.8 Å². The van der Waals surface area contributed by atoms with Gasteiger partial charge in [0.25, 0.3) is 0 Å². The van der Waals surface area contributed by atoms with Crippen LogP contribution in [0.5, 0.6) is 11.5 Å². The van der Waals surface area contributed by atoms with Gasteiger partial charge in [0.2, 0.25) is 0 Å². The van der Waals surface area contributed by atoms with Gasteiger partial charge >= 0.3 is 23.9 Å². The van der Waals surface area contributed by atoms with E-state index in [4.69, 9.17) is 19.7 Å². The summed E-state index contributed by atoms with van der Waals surface area (Å²) < 4.78 is 11.3. The van der Waals surface area contributed by atoms with Crippen LogP contribution in [0.3, 0.4) is 0 Å². The Bertz CT molecular complexity index is 1190. The monoisotopic (exact) mass is 583 g/mol. The second-order valence-corrected chi connectivity index (χ2v) is 11.9. The maximum atomic E-state index is 12.6. The van der Waals surface area contributed by atoms with Crippen molar-refractivity contribution in [1.29, 1.82) is 0 Å². The summed E-state index contributed by atoms with van der Waals surface area (Å²) in [5.41, 5.74) is 1.04. The van der Waals surface area contributed by atoms with Gasteiger partial charge in [-0.1, -0.05) is 43.3 Å². The average Bonchev–Trinajstić information content (AvgIpc) is 2.90. The number of benzene rings is 2. The number of carboxylic acids is 2. The number of hydrogen-bond donors (Lipinski definition) is 2. The number of hydrogen-bond acceptors (Lipinski definition) is 7. The highest BCUT2D eigenvalue weighted by molar-refractivity contribution is 5.89. The highest BCUT2D eigenvalue weighted by atomic mass is 16.6. The quantitative estimate of drug-likeness (QED) is 0.181. The second-order valence-electron chi connectivity index (χ2n) is 11.9. The van der Waals surface area contributed by atoms with E-state index < -0.39 is 22.8 Å². The van der Waals surface area contributed by atoms with E-state index in [-0.39, 0.29) is 17.7 Å². The van der Waals surface area contributed by atoms with Crippen molar-refractivity contribution in [3.8, 4) is 11.5 Å². The van der Waals surface area contributed by atoms with Crippen molar-refractivity contribution < 1.29 is 38.9 Å². The predicted octanol–water partition coefficient (Wildman–Crippen LogP) is 5.80. The molecular weight excluding hydrogens is 538 g/mol. The molecule has 2 aromatic rings. The minimum absolute atomic E-state index is 0.274. The maximum Gasteiger partial charge on any atom is 0.328 e. The highest BCUT2D eigenvalue weighted by Crippen LogP contribution is 2.32. The number of nitrogens with zero attached hydrogens (tertiary/aromatic N) is 1. The molecule has 0 aliphatic heterocycles. The molecule has 0 spiro atoms. The van der Waals surface area contributed by atoms with Crippen molar-refractivity contribution in [3.05, 3.63) is 71.8 Å². The molecule has 9 nitrogen and oxygen atoms in total. The molecule has 2 aromatic carbocycles. The lowest BCUT2D eigenvalue weighted by atomic mass is 9.97. The minimum Gasteiger partial charge on any atom is -0.478 e.